The molecule has 0 unspecified atom stereocenters. The van der Waals surface area contributed by atoms with Crippen LogP contribution in [0.2, 0.25) is 0 Å². The molecular weight excluding hydrogens is 227 g/mol. The SMILES string of the molecule is Fc1ccc2[nH]cc(/C=C/c3ccncc3)c2c1. The van der Waals surface area contributed by atoms with Crippen molar-refractivity contribution in [3.05, 3.63) is 65.9 Å². The first-order valence-corrected chi connectivity index (χ1v) is 5.68. The Balaban J connectivity index is 2.00. The maximum absolute atomic E-state index is 13.2. The van der Waals surface area contributed by atoms with Gasteiger partial charge >= 0.3 is 0 Å². The van der Waals surface area contributed by atoms with E-state index in [1.54, 1.807) is 18.5 Å². The third-order valence-corrected chi connectivity index (χ3v) is 2.84. The van der Waals surface area contributed by atoms with E-state index in [9.17, 15) is 4.39 Å². The van der Waals surface area contributed by atoms with Gasteiger partial charge < -0.3 is 4.98 Å². The molecule has 2 heterocycles. The molecule has 2 aromatic heterocycles. The molecule has 0 aliphatic rings. The summed E-state index contributed by atoms with van der Waals surface area (Å²) in [6.07, 6.45) is 9.31. The molecule has 3 aromatic rings. The van der Waals surface area contributed by atoms with Crippen molar-refractivity contribution in [2.24, 2.45) is 0 Å². The first-order valence-electron chi connectivity index (χ1n) is 5.68. The number of rotatable bonds is 2. The first-order chi connectivity index (χ1) is 8.83. The van der Waals surface area contributed by atoms with Crippen LogP contribution in [0, 0.1) is 5.82 Å². The molecule has 88 valence electrons. The molecule has 1 aromatic carbocycles. The van der Waals surface area contributed by atoms with E-state index in [-0.39, 0.29) is 5.82 Å². The monoisotopic (exact) mass is 238 g/mol. The number of nitrogens with one attached hydrogen (secondary N) is 1. The molecule has 1 N–H and O–H groups in total. The van der Waals surface area contributed by atoms with Gasteiger partial charge in [-0.3, -0.25) is 4.98 Å². The van der Waals surface area contributed by atoms with Gasteiger partial charge in [-0.2, -0.15) is 0 Å². The minimum absolute atomic E-state index is 0.222. The molecule has 18 heavy (non-hydrogen) atoms. The van der Waals surface area contributed by atoms with E-state index in [0.717, 1.165) is 22.0 Å². The highest BCUT2D eigenvalue weighted by atomic mass is 19.1. The third kappa shape index (κ3) is 2.02. The van der Waals surface area contributed by atoms with E-state index in [1.807, 2.05) is 30.5 Å². The number of nitrogens with zero attached hydrogens (tertiary/aromatic N) is 1. The Labute approximate surface area is 104 Å². The van der Waals surface area contributed by atoms with Crippen LogP contribution < -0.4 is 0 Å². The molecule has 0 aliphatic carbocycles. The summed E-state index contributed by atoms with van der Waals surface area (Å²) < 4.78 is 13.2. The number of H-pyrrole nitrogens is 1. The molecule has 0 fully saturated rings. The van der Waals surface area contributed by atoms with E-state index in [0.29, 0.717) is 0 Å². The summed E-state index contributed by atoms with van der Waals surface area (Å²) in [5.74, 6) is -0.222. The molecule has 2 nitrogen and oxygen atoms in total. The van der Waals surface area contributed by atoms with Crippen LogP contribution in [0.25, 0.3) is 23.1 Å². The number of aromatic nitrogens is 2. The highest BCUT2D eigenvalue weighted by molar-refractivity contribution is 5.91. The summed E-state index contributed by atoms with van der Waals surface area (Å²) in [6, 6.07) is 8.58. The number of fused-ring (bicyclic) bond motifs is 1. The van der Waals surface area contributed by atoms with Gasteiger partial charge in [0, 0.05) is 29.5 Å². The lowest BCUT2D eigenvalue weighted by Crippen LogP contribution is -1.75. The average molecular weight is 238 g/mol. The van der Waals surface area contributed by atoms with Gasteiger partial charge in [-0.05, 0) is 41.5 Å². The maximum Gasteiger partial charge on any atom is 0.123 e. The lowest BCUT2D eigenvalue weighted by Gasteiger charge is -1.93. The van der Waals surface area contributed by atoms with Gasteiger partial charge in [0.05, 0.1) is 0 Å². The largest absolute Gasteiger partial charge is 0.361 e. The molecule has 0 radical (unpaired) electrons. The zero-order chi connectivity index (χ0) is 12.4. The van der Waals surface area contributed by atoms with Gasteiger partial charge in [-0.15, -0.1) is 0 Å². The Hall–Kier alpha value is -2.42. The fourth-order valence-corrected chi connectivity index (χ4v) is 1.91. The Morgan fingerprint density at radius 2 is 1.89 bits per heavy atom. The smallest absolute Gasteiger partial charge is 0.123 e. The zero-order valence-corrected chi connectivity index (χ0v) is 9.60. The fourth-order valence-electron chi connectivity index (χ4n) is 1.91. The van der Waals surface area contributed by atoms with E-state index < -0.39 is 0 Å². The number of hydrogen-bond donors (Lipinski definition) is 1. The van der Waals surface area contributed by atoms with Gasteiger partial charge in [0.15, 0.2) is 0 Å². The second-order valence-corrected chi connectivity index (χ2v) is 4.05. The summed E-state index contributed by atoms with van der Waals surface area (Å²) in [5.41, 5.74) is 2.97. The van der Waals surface area contributed by atoms with Gasteiger partial charge in [0.2, 0.25) is 0 Å². The van der Waals surface area contributed by atoms with Gasteiger partial charge in [-0.25, -0.2) is 4.39 Å². The van der Waals surface area contributed by atoms with Crippen molar-refractivity contribution in [3.8, 4) is 0 Å². The van der Waals surface area contributed by atoms with Crippen LogP contribution in [0.5, 0.6) is 0 Å². The van der Waals surface area contributed by atoms with Crippen molar-refractivity contribution < 1.29 is 4.39 Å². The Morgan fingerprint density at radius 1 is 1.06 bits per heavy atom. The molecular formula is C15H11FN2. The Morgan fingerprint density at radius 3 is 2.72 bits per heavy atom. The standard InChI is InChI=1S/C15H11FN2/c16-13-3-4-15-14(9-13)12(10-18-15)2-1-11-5-7-17-8-6-11/h1-10,18H/b2-1+. The van der Waals surface area contributed by atoms with Crippen molar-refractivity contribution in [1.82, 2.24) is 9.97 Å². The molecule has 0 atom stereocenters. The average Bonchev–Trinajstić information content (AvgIpc) is 2.80. The number of benzene rings is 1. The van der Waals surface area contributed by atoms with Crippen molar-refractivity contribution in [1.29, 1.82) is 0 Å². The van der Waals surface area contributed by atoms with Crippen molar-refractivity contribution in [2.45, 2.75) is 0 Å². The molecule has 0 saturated heterocycles. The molecule has 3 rings (SSSR count). The minimum atomic E-state index is -0.222. The predicted octanol–water partition coefficient (Wildman–Crippen LogP) is 3.87. The Bertz CT molecular complexity index is 699. The van der Waals surface area contributed by atoms with Crippen LogP contribution in [0.3, 0.4) is 0 Å². The molecule has 0 amide bonds. The van der Waals surface area contributed by atoms with Crippen LogP contribution in [0.4, 0.5) is 4.39 Å². The number of aromatic amines is 1. The molecule has 0 aliphatic heterocycles. The lowest BCUT2D eigenvalue weighted by atomic mass is 10.1. The molecule has 0 saturated carbocycles. The van der Waals surface area contributed by atoms with Crippen LogP contribution in [-0.4, -0.2) is 9.97 Å². The fraction of sp³-hybridized carbons (Fsp3) is 0. The van der Waals surface area contributed by atoms with Gasteiger partial charge in [-0.1, -0.05) is 12.2 Å². The number of halogens is 1. The van der Waals surface area contributed by atoms with E-state index in [2.05, 4.69) is 9.97 Å². The quantitative estimate of drug-likeness (QED) is 0.721. The Kier molecular flexibility index (Phi) is 2.65. The summed E-state index contributed by atoms with van der Waals surface area (Å²) in [4.78, 5) is 7.08. The van der Waals surface area contributed by atoms with Crippen LogP contribution >= 0.6 is 0 Å². The molecule has 3 heteroatoms. The first kappa shape index (κ1) is 10.7. The summed E-state index contributed by atoms with van der Waals surface area (Å²) >= 11 is 0. The van der Waals surface area contributed by atoms with Crippen molar-refractivity contribution in [3.63, 3.8) is 0 Å². The van der Waals surface area contributed by atoms with Crippen LogP contribution in [-0.2, 0) is 0 Å². The predicted molar refractivity (Wildman–Crippen MR) is 71.4 cm³/mol. The summed E-state index contributed by atoms with van der Waals surface area (Å²) in [5, 5.41) is 0.889. The van der Waals surface area contributed by atoms with Crippen LogP contribution in [0.15, 0.2) is 48.9 Å². The van der Waals surface area contributed by atoms with Crippen molar-refractivity contribution in [2.75, 3.05) is 0 Å². The van der Waals surface area contributed by atoms with E-state index in [4.69, 9.17) is 0 Å². The number of pyridine rings is 1. The zero-order valence-electron chi connectivity index (χ0n) is 9.60. The van der Waals surface area contributed by atoms with Crippen LogP contribution in [0.1, 0.15) is 11.1 Å². The highest BCUT2D eigenvalue weighted by Gasteiger charge is 2.01. The van der Waals surface area contributed by atoms with Gasteiger partial charge in [0.25, 0.3) is 0 Å². The minimum Gasteiger partial charge on any atom is -0.361 e. The molecule has 0 spiro atoms. The lowest BCUT2D eigenvalue weighted by molar-refractivity contribution is 0.629. The third-order valence-electron chi connectivity index (χ3n) is 2.84. The maximum atomic E-state index is 13.2. The second-order valence-electron chi connectivity index (χ2n) is 4.05. The summed E-state index contributed by atoms with van der Waals surface area (Å²) in [7, 11) is 0. The summed E-state index contributed by atoms with van der Waals surface area (Å²) in [6.45, 7) is 0. The van der Waals surface area contributed by atoms with Crippen molar-refractivity contribution >= 4 is 23.1 Å². The highest BCUT2D eigenvalue weighted by Crippen LogP contribution is 2.21. The normalized spacial score (nSPS) is 11.4. The second kappa shape index (κ2) is 4.45. The number of hydrogen-bond acceptors (Lipinski definition) is 1. The van der Waals surface area contributed by atoms with E-state index >= 15 is 0 Å². The van der Waals surface area contributed by atoms with Gasteiger partial charge in [0.1, 0.15) is 5.82 Å². The molecule has 0 bridgehead atoms. The topological polar surface area (TPSA) is 28.7 Å². The van der Waals surface area contributed by atoms with E-state index in [1.165, 1.54) is 12.1 Å².